The number of aromatic hydroxyl groups is 1. The molecule has 1 aromatic rings. The molecule has 21 heteroatoms. The number of carbonyl (C=O) groups is 8. The van der Waals surface area contributed by atoms with Crippen LogP contribution in [0.3, 0.4) is 0 Å². The highest BCUT2D eigenvalue weighted by Gasteiger charge is 2.33. The number of phenolic OH excluding ortho intramolecular Hbond substituents is 1. The molecule has 0 saturated heterocycles. The second-order valence-corrected chi connectivity index (χ2v) is 12.5. The highest BCUT2D eigenvalue weighted by molar-refractivity contribution is 5.97. The lowest BCUT2D eigenvalue weighted by atomic mass is 10.0. The summed E-state index contributed by atoms with van der Waals surface area (Å²) in [5.41, 5.74) is 11.8. The first-order chi connectivity index (χ1) is 24.8. The summed E-state index contributed by atoms with van der Waals surface area (Å²) in [4.78, 5) is 100. The number of carbonyl (C=O) groups excluding carboxylic acids is 7. The molecule has 0 heterocycles. The van der Waals surface area contributed by atoms with Gasteiger partial charge in [0, 0.05) is 6.42 Å². The van der Waals surface area contributed by atoms with Crippen molar-refractivity contribution < 1.29 is 63.9 Å². The number of rotatable bonds is 23. The molecule has 1 rings (SSSR count). The summed E-state index contributed by atoms with van der Waals surface area (Å²) in [7, 11) is 0. The van der Waals surface area contributed by atoms with E-state index in [1.165, 1.54) is 19.1 Å². The number of amides is 7. The van der Waals surface area contributed by atoms with Gasteiger partial charge in [0.2, 0.25) is 41.4 Å². The second kappa shape index (κ2) is 22.5. The zero-order valence-electron chi connectivity index (χ0n) is 29.5. The van der Waals surface area contributed by atoms with E-state index in [2.05, 4.69) is 31.9 Å². The van der Waals surface area contributed by atoms with E-state index in [-0.39, 0.29) is 24.5 Å². The van der Waals surface area contributed by atoms with E-state index >= 15 is 0 Å². The van der Waals surface area contributed by atoms with Crippen molar-refractivity contribution in [2.45, 2.75) is 88.7 Å². The molecule has 0 saturated carbocycles. The fourth-order valence-electron chi connectivity index (χ4n) is 4.58. The number of carboxylic acids is 1. The molecule has 0 aliphatic rings. The molecule has 7 amide bonds. The van der Waals surface area contributed by atoms with Gasteiger partial charge in [-0.05, 0) is 49.8 Å². The van der Waals surface area contributed by atoms with Crippen LogP contribution in [0.4, 0.5) is 0 Å². The van der Waals surface area contributed by atoms with Gasteiger partial charge in [-0.25, -0.2) is 4.79 Å². The monoisotopic (exact) mass is 754 g/mol. The average Bonchev–Trinajstić information content (AvgIpc) is 3.09. The molecule has 15 N–H and O–H groups in total. The van der Waals surface area contributed by atoms with E-state index in [0.717, 1.165) is 0 Å². The van der Waals surface area contributed by atoms with Gasteiger partial charge in [-0.2, -0.15) is 0 Å². The highest BCUT2D eigenvalue weighted by Crippen LogP contribution is 2.11. The summed E-state index contributed by atoms with van der Waals surface area (Å²) < 4.78 is 0. The number of nitrogens with two attached hydrogens (primary N) is 2. The summed E-state index contributed by atoms with van der Waals surface area (Å²) in [5.74, 6) is -8.54. The topological polar surface area (TPSA) is 362 Å². The molecule has 296 valence electrons. The Bertz CT molecular complexity index is 1440. The molecule has 0 aromatic heterocycles. The van der Waals surface area contributed by atoms with Crippen LogP contribution in [0.15, 0.2) is 24.3 Å². The number of aliphatic hydroxyl groups is 3. The van der Waals surface area contributed by atoms with Crippen molar-refractivity contribution in [1.29, 1.82) is 0 Å². The molecule has 0 unspecified atom stereocenters. The van der Waals surface area contributed by atoms with Crippen molar-refractivity contribution in [2.24, 2.45) is 17.4 Å². The van der Waals surface area contributed by atoms with Gasteiger partial charge in [0.25, 0.3) is 0 Å². The van der Waals surface area contributed by atoms with Crippen LogP contribution in [-0.4, -0.2) is 135 Å². The first-order valence-electron chi connectivity index (χ1n) is 16.5. The van der Waals surface area contributed by atoms with Crippen LogP contribution in [0.2, 0.25) is 0 Å². The van der Waals surface area contributed by atoms with Crippen molar-refractivity contribution in [3.63, 3.8) is 0 Å². The minimum Gasteiger partial charge on any atom is -0.508 e. The molecule has 7 atom stereocenters. The second-order valence-electron chi connectivity index (χ2n) is 12.5. The van der Waals surface area contributed by atoms with Crippen LogP contribution in [0, 0.1) is 5.92 Å². The minimum absolute atomic E-state index is 0.0120. The van der Waals surface area contributed by atoms with E-state index < -0.39 is 122 Å². The summed E-state index contributed by atoms with van der Waals surface area (Å²) in [6, 6.07) is -4.47. The lowest BCUT2D eigenvalue weighted by molar-refractivity contribution is -0.143. The Kier molecular flexibility index (Phi) is 19.4. The number of aliphatic hydroxyl groups excluding tert-OH is 3. The minimum atomic E-state index is -1.73. The first kappa shape index (κ1) is 45.6. The van der Waals surface area contributed by atoms with Gasteiger partial charge in [-0.1, -0.05) is 26.0 Å². The van der Waals surface area contributed by atoms with E-state index in [1.807, 2.05) is 0 Å². The van der Waals surface area contributed by atoms with Crippen molar-refractivity contribution in [3.05, 3.63) is 29.8 Å². The molecule has 0 fully saturated rings. The van der Waals surface area contributed by atoms with E-state index in [4.69, 9.17) is 16.6 Å². The lowest BCUT2D eigenvalue weighted by Crippen LogP contribution is -2.61. The van der Waals surface area contributed by atoms with Crippen LogP contribution in [-0.2, 0) is 44.8 Å². The van der Waals surface area contributed by atoms with Crippen LogP contribution in [0.1, 0.15) is 45.6 Å². The molecule has 0 aliphatic heterocycles. The maximum atomic E-state index is 13.2. The van der Waals surface area contributed by atoms with Crippen molar-refractivity contribution in [1.82, 2.24) is 31.9 Å². The zero-order valence-corrected chi connectivity index (χ0v) is 29.5. The van der Waals surface area contributed by atoms with Gasteiger partial charge < -0.3 is 68.9 Å². The third-order valence-electron chi connectivity index (χ3n) is 7.56. The van der Waals surface area contributed by atoms with Gasteiger partial charge in [0.15, 0.2) is 0 Å². The summed E-state index contributed by atoms with van der Waals surface area (Å²) in [5, 5.41) is 60.9. The number of carboxylic acid groups (broad SMARTS) is 1. The molecular weight excluding hydrogens is 704 g/mol. The Hall–Kier alpha value is -5.38. The predicted octanol–water partition coefficient (Wildman–Crippen LogP) is -5.44. The van der Waals surface area contributed by atoms with E-state index in [1.54, 1.807) is 26.0 Å². The molecule has 1 aromatic carbocycles. The standard InChI is InChI=1S/C32H50N8O13/c1-15(2)10-21(29(49)40-24(14-43)32(52)53)37-31(51)23(13-42)39-28(48)20(8-9-25(34)45)36-30(50)22(12-41)38-26(46)16(3)35-27(47)19(33)11-17-4-6-18(44)7-5-17/h4-7,15-16,19-24,41-44H,8-14,33H2,1-3H3,(H2,34,45)(H,35,47)(H,36,50)(H,37,51)(H,38,46)(H,39,48)(H,40,49)(H,52,53)/t16-,19-,20-,21-,22-,23-,24-/m0/s1. The quantitative estimate of drug-likeness (QED) is 0.0496. The Balaban J connectivity index is 2.99. The number of aliphatic carboxylic acids is 1. The third-order valence-corrected chi connectivity index (χ3v) is 7.56. The van der Waals surface area contributed by atoms with Gasteiger partial charge in [-0.3, -0.25) is 33.6 Å². The van der Waals surface area contributed by atoms with Crippen LogP contribution < -0.4 is 43.4 Å². The number of hydrogen-bond donors (Lipinski definition) is 13. The normalized spacial score (nSPS) is 14.9. The predicted molar refractivity (Wildman–Crippen MR) is 184 cm³/mol. The fraction of sp³-hybridized carbons (Fsp3) is 0.562. The van der Waals surface area contributed by atoms with Gasteiger partial charge in [0.1, 0.15) is 42.0 Å². The fourth-order valence-corrected chi connectivity index (χ4v) is 4.58. The molecule has 53 heavy (non-hydrogen) atoms. The third kappa shape index (κ3) is 16.2. The Morgan fingerprint density at radius 3 is 1.53 bits per heavy atom. The molecule has 0 bridgehead atoms. The summed E-state index contributed by atoms with van der Waals surface area (Å²) >= 11 is 0. The van der Waals surface area contributed by atoms with Gasteiger partial charge in [0.05, 0.1) is 25.9 Å². The summed E-state index contributed by atoms with van der Waals surface area (Å²) in [6.45, 7) is 1.73. The largest absolute Gasteiger partial charge is 0.508 e. The number of nitrogens with one attached hydrogen (secondary N) is 6. The number of hydrogen-bond acceptors (Lipinski definition) is 13. The van der Waals surface area contributed by atoms with E-state index in [0.29, 0.717) is 5.56 Å². The Morgan fingerprint density at radius 1 is 0.623 bits per heavy atom. The molecular formula is C32H50N8O13. The van der Waals surface area contributed by atoms with Crippen LogP contribution in [0.25, 0.3) is 0 Å². The number of phenols is 1. The van der Waals surface area contributed by atoms with Gasteiger partial charge >= 0.3 is 5.97 Å². The summed E-state index contributed by atoms with van der Waals surface area (Å²) in [6.07, 6.45) is -0.826. The SMILES string of the molecule is CC(C)C[C@H](NC(=O)[C@H](CO)NC(=O)[C@H](CCC(N)=O)NC(=O)[C@H](CO)NC(=O)[C@H](C)NC(=O)[C@@H](N)Cc1ccc(O)cc1)C(=O)N[C@@H](CO)C(=O)O. The van der Waals surface area contributed by atoms with Gasteiger partial charge in [-0.15, -0.1) is 0 Å². The average molecular weight is 755 g/mol. The number of benzene rings is 1. The Morgan fingerprint density at radius 2 is 1.06 bits per heavy atom. The Labute approximate surface area is 304 Å². The maximum Gasteiger partial charge on any atom is 0.328 e. The smallest absolute Gasteiger partial charge is 0.328 e. The van der Waals surface area contributed by atoms with Crippen LogP contribution >= 0.6 is 0 Å². The lowest BCUT2D eigenvalue weighted by Gasteiger charge is -2.26. The highest BCUT2D eigenvalue weighted by atomic mass is 16.4. The zero-order chi connectivity index (χ0) is 40.4. The molecule has 0 aliphatic carbocycles. The van der Waals surface area contributed by atoms with Crippen molar-refractivity contribution >= 4 is 47.3 Å². The molecule has 21 nitrogen and oxygen atoms in total. The maximum absolute atomic E-state index is 13.2. The molecule has 0 radical (unpaired) electrons. The van der Waals surface area contributed by atoms with Crippen molar-refractivity contribution in [2.75, 3.05) is 19.8 Å². The van der Waals surface area contributed by atoms with Crippen LogP contribution in [0.5, 0.6) is 5.75 Å². The number of primary amides is 1. The van der Waals surface area contributed by atoms with E-state index in [9.17, 15) is 58.8 Å². The molecule has 0 spiro atoms. The van der Waals surface area contributed by atoms with Crippen molar-refractivity contribution in [3.8, 4) is 5.75 Å². The first-order valence-corrected chi connectivity index (χ1v) is 16.5.